The van der Waals surface area contributed by atoms with Crippen molar-refractivity contribution < 1.29 is 22.7 Å². The fraction of sp³-hybridized carbons (Fsp3) is 0.231. The number of methoxy groups -OCH3 is 1. The molecule has 0 aliphatic carbocycles. The third-order valence-electron chi connectivity index (χ3n) is 5.79. The minimum Gasteiger partial charge on any atom is -0.495 e. The van der Waals surface area contributed by atoms with E-state index in [-0.39, 0.29) is 27.9 Å². The van der Waals surface area contributed by atoms with Crippen LogP contribution in [0.5, 0.6) is 5.75 Å². The van der Waals surface area contributed by atoms with E-state index in [4.69, 9.17) is 39.5 Å². The van der Waals surface area contributed by atoms with Gasteiger partial charge < -0.3 is 15.0 Å². The molecule has 0 saturated heterocycles. The van der Waals surface area contributed by atoms with Gasteiger partial charge in [-0.2, -0.15) is 0 Å². The lowest BCUT2D eigenvalue weighted by Crippen LogP contribution is -2.50. The van der Waals surface area contributed by atoms with Crippen LogP contribution in [0.2, 0.25) is 15.1 Å². The molecule has 0 radical (unpaired) electrons. The molecule has 38 heavy (non-hydrogen) atoms. The van der Waals surface area contributed by atoms with Crippen molar-refractivity contribution in [3.8, 4) is 5.75 Å². The van der Waals surface area contributed by atoms with E-state index in [1.54, 1.807) is 36.4 Å². The first-order chi connectivity index (χ1) is 18.0. The zero-order valence-corrected chi connectivity index (χ0v) is 23.9. The molecule has 0 aromatic heterocycles. The van der Waals surface area contributed by atoms with Crippen LogP contribution < -0.4 is 14.4 Å². The summed E-state index contributed by atoms with van der Waals surface area (Å²) in [6.07, 6.45) is 0. The van der Waals surface area contributed by atoms with Gasteiger partial charge in [-0.3, -0.25) is 13.9 Å². The van der Waals surface area contributed by atoms with Gasteiger partial charge in [-0.1, -0.05) is 59.1 Å². The van der Waals surface area contributed by atoms with Gasteiger partial charge >= 0.3 is 0 Å². The van der Waals surface area contributed by atoms with Gasteiger partial charge in [0.2, 0.25) is 11.8 Å². The predicted octanol–water partition coefficient (Wildman–Crippen LogP) is 5.01. The number of anilines is 1. The van der Waals surface area contributed by atoms with Crippen LogP contribution >= 0.6 is 34.8 Å². The number of hydrogen-bond acceptors (Lipinski definition) is 5. The van der Waals surface area contributed by atoms with E-state index in [2.05, 4.69) is 5.32 Å². The Morgan fingerprint density at radius 1 is 0.974 bits per heavy atom. The second kappa shape index (κ2) is 12.7. The topological polar surface area (TPSA) is 96.0 Å². The molecular formula is C26H26Cl3N3O5S. The van der Waals surface area contributed by atoms with Gasteiger partial charge in [0.15, 0.2) is 0 Å². The highest BCUT2D eigenvalue weighted by atomic mass is 35.5. The Hall–Kier alpha value is -2.98. The van der Waals surface area contributed by atoms with Crippen molar-refractivity contribution in [1.82, 2.24) is 10.2 Å². The monoisotopic (exact) mass is 597 g/mol. The van der Waals surface area contributed by atoms with E-state index in [1.807, 2.05) is 0 Å². The molecule has 2 amide bonds. The maximum absolute atomic E-state index is 13.8. The number of amides is 2. The van der Waals surface area contributed by atoms with Crippen LogP contribution in [0.1, 0.15) is 12.5 Å². The van der Waals surface area contributed by atoms with Gasteiger partial charge in [0, 0.05) is 28.7 Å². The maximum Gasteiger partial charge on any atom is 0.264 e. The molecular weight excluding hydrogens is 573 g/mol. The number of carbonyl (C=O) groups excluding carboxylic acids is 2. The molecule has 1 atom stereocenters. The third-order valence-corrected chi connectivity index (χ3v) is 8.39. The molecule has 8 nitrogen and oxygen atoms in total. The second-order valence-electron chi connectivity index (χ2n) is 8.19. The Balaban J connectivity index is 2.11. The molecule has 0 saturated carbocycles. The zero-order chi connectivity index (χ0) is 28.0. The molecule has 12 heteroatoms. The van der Waals surface area contributed by atoms with Gasteiger partial charge in [0.25, 0.3) is 10.0 Å². The van der Waals surface area contributed by atoms with Crippen molar-refractivity contribution in [1.29, 1.82) is 0 Å². The highest BCUT2D eigenvalue weighted by molar-refractivity contribution is 7.92. The summed E-state index contributed by atoms with van der Waals surface area (Å²) in [6.45, 7) is 0.812. The van der Waals surface area contributed by atoms with Gasteiger partial charge in [0.1, 0.15) is 18.3 Å². The van der Waals surface area contributed by atoms with Crippen LogP contribution in [0.3, 0.4) is 0 Å². The molecule has 0 spiro atoms. The lowest BCUT2D eigenvalue weighted by Gasteiger charge is -2.32. The van der Waals surface area contributed by atoms with Gasteiger partial charge in [-0.15, -0.1) is 0 Å². The molecule has 0 fully saturated rings. The van der Waals surface area contributed by atoms with E-state index in [9.17, 15) is 18.0 Å². The molecule has 202 valence electrons. The number of nitrogens with one attached hydrogen (secondary N) is 1. The Morgan fingerprint density at radius 2 is 1.61 bits per heavy atom. The van der Waals surface area contributed by atoms with Crippen molar-refractivity contribution in [2.24, 2.45) is 0 Å². The number of hydrogen-bond donors (Lipinski definition) is 1. The Kier molecular flexibility index (Phi) is 9.89. The molecule has 1 unspecified atom stereocenters. The summed E-state index contributed by atoms with van der Waals surface area (Å²) < 4.78 is 34.0. The molecule has 3 aromatic rings. The lowest BCUT2D eigenvalue weighted by molar-refractivity contribution is -0.139. The fourth-order valence-corrected chi connectivity index (χ4v) is 5.79. The number of halogens is 3. The van der Waals surface area contributed by atoms with Crippen LogP contribution in [0, 0.1) is 0 Å². The standard InChI is InChI=1S/C26H26Cl3N3O5S/c1-17(26(34)30-2)31(15-18-9-10-19(27)13-22(18)29)25(33)16-32(23-14-20(28)11-12-24(23)37-3)38(35,36)21-7-5-4-6-8-21/h4-14,17H,15-16H2,1-3H3,(H,30,34). The summed E-state index contributed by atoms with van der Waals surface area (Å²) in [4.78, 5) is 27.6. The number of sulfonamides is 1. The van der Waals surface area contributed by atoms with Crippen molar-refractivity contribution >= 4 is 62.3 Å². The van der Waals surface area contributed by atoms with Gasteiger partial charge in [-0.05, 0) is 55.0 Å². The SMILES string of the molecule is CNC(=O)C(C)N(Cc1ccc(Cl)cc1Cl)C(=O)CN(c1cc(Cl)ccc1OC)S(=O)(=O)c1ccccc1. The van der Waals surface area contributed by atoms with E-state index >= 15 is 0 Å². The number of ether oxygens (including phenoxy) is 1. The summed E-state index contributed by atoms with van der Waals surface area (Å²) in [6, 6.07) is 15.9. The minimum absolute atomic E-state index is 0.0403. The average Bonchev–Trinajstić information content (AvgIpc) is 2.90. The maximum atomic E-state index is 13.8. The quantitative estimate of drug-likeness (QED) is 0.354. The smallest absolute Gasteiger partial charge is 0.264 e. The third kappa shape index (κ3) is 6.71. The van der Waals surface area contributed by atoms with E-state index in [0.29, 0.717) is 15.6 Å². The number of carbonyl (C=O) groups is 2. The van der Waals surface area contributed by atoms with Crippen LogP contribution in [-0.4, -0.2) is 51.9 Å². The molecule has 0 heterocycles. The average molecular weight is 599 g/mol. The number of nitrogens with zero attached hydrogens (tertiary/aromatic N) is 2. The zero-order valence-electron chi connectivity index (χ0n) is 20.8. The molecule has 3 rings (SSSR count). The number of benzene rings is 3. The summed E-state index contributed by atoms with van der Waals surface area (Å²) in [5.41, 5.74) is 0.590. The van der Waals surface area contributed by atoms with Crippen molar-refractivity contribution in [3.63, 3.8) is 0 Å². The second-order valence-corrected chi connectivity index (χ2v) is 11.3. The molecule has 0 aliphatic rings. The first kappa shape index (κ1) is 29.6. The van der Waals surface area contributed by atoms with Crippen LogP contribution in [0.4, 0.5) is 5.69 Å². The number of likely N-dealkylation sites (N-methyl/N-ethyl adjacent to an activating group) is 1. The van der Waals surface area contributed by atoms with Gasteiger partial charge in [0.05, 0.1) is 17.7 Å². The highest BCUT2D eigenvalue weighted by Crippen LogP contribution is 2.35. The highest BCUT2D eigenvalue weighted by Gasteiger charge is 2.34. The predicted molar refractivity (Wildman–Crippen MR) is 150 cm³/mol. The first-order valence-electron chi connectivity index (χ1n) is 11.4. The summed E-state index contributed by atoms with van der Waals surface area (Å²) in [5, 5.41) is 3.46. The van der Waals surface area contributed by atoms with Crippen LogP contribution in [0.15, 0.2) is 71.6 Å². The molecule has 3 aromatic carbocycles. The summed E-state index contributed by atoms with van der Waals surface area (Å²) >= 11 is 18.6. The first-order valence-corrected chi connectivity index (χ1v) is 13.9. The normalized spacial score (nSPS) is 11.9. The molecule has 1 N–H and O–H groups in total. The van der Waals surface area contributed by atoms with E-state index < -0.39 is 34.4 Å². The Bertz CT molecular complexity index is 1420. The van der Waals surface area contributed by atoms with Crippen LogP contribution in [-0.2, 0) is 26.2 Å². The Labute approximate surface area is 237 Å². The fourth-order valence-electron chi connectivity index (χ4n) is 3.72. The summed E-state index contributed by atoms with van der Waals surface area (Å²) in [7, 11) is -1.44. The number of rotatable bonds is 10. The Morgan fingerprint density at radius 3 is 2.21 bits per heavy atom. The molecule has 0 bridgehead atoms. The summed E-state index contributed by atoms with van der Waals surface area (Å²) in [5.74, 6) is -0.914. The molecule has 0 aliphatic heterocycles. The van der Waals surface area contributed by atoms with E-state index in [0.717, 1.165) is 4.31 Å². The van der Waals surface area contributed by atoms with Crippen LogP contribution in [0.25, 0.3) is 0 Å². The van der Waals surface area contributed by atoms with Gasteiger partial charge in [-0.25, -0.2) is 8.42 Å². The van der Waals surface area contributed by atoms with E-state index in [1.165, 1.54) is 56.3 Å². The van der Waals surface area contributed by atoms with Crippen molar-refractivity contribution in [2.45, 2.75) is 24.4 Å². The minimum atomic E-state index is -4.27. The van der Waals surface area contributed by atoms with Crippen molar-refractivity contribution in [3.05, 3.63) is 87.4 Å². The largest absolute Gasteiger partial charge is 0.495 e. The van der Waals surface area contributed by atoms with Crippen molar-refractivity contribution in [2.75, 3.05) is 25.0 Å². The lowest BCUT2D eigenvalue weighted by atomic mass is 10.1.